The minimum atomic E-state index is 0.993. The van der Waals surface area contributed by atoms with Gasteiger partial charge in [-0.25, -0.2) is 4.68 Å². The lowest BCUT2D eigenvalue weighted by Gasteiger charge is -2.12. The highest BCUT2D eigenvalue weighted by molar-refractivity contribution is 5.71. The number of aromatic nitrogens is 3. The Bertz CT molecular complexity index is 836. The number of pyridine rings is 1. The van der Waals surface area contributed by atoms with Crippen LogP contribution in [0.1, 0.15) is 30.9 Å². The van der Waals surface area contributed by atoms with Crippen molar-refractivity contribution in [3.8, 4) is 16.9 Å². The fraction of sp³-hybridized carbons (Fsp3) is 0.300. The van der Waals surface area contributed by atoms with Crippen LogP contribution in [0.5, 0.6) is 0 Å². The van der Waals surface area contributed by atoms with Crippen LogP contribution in [0.2, 0.25) is 0 Å². The number of hydrogen-bond acceptors (Lipinski definition) is 3. The van der Waals surface area contributed by atoms with Gasteiger partial charge in [-0.1, -0.05) is 25.1 Å². The second-order valence-electron chi connectivity index (χ2n) is 6.20. The summed E-state index contributed by atoms with van der Waals surface area (Å²) in [5, 5.41) is 8.61. The zero-order valence-electron chi connectivity index (χ0n) is 14.0. The Morgan fingerprint density at radius 1 is 1.12 bits per heavy atom. The molecule has 0 atom stereocenters. The van der Waals surface area contributed by atoms with Crippen LogP contribution in [0.15, 0.2) is 48.8 Å². The first-order valence-corrected chi connectivity index (χ1v) is 8.73. The van der Waals surface area contributed by atoms with Gasteiger partial charge in [0.1, 0.15) is 5.82 Å². The summed E-state index contributed by atoms with van der Waals surface area (Å²) in [4.78, 5) is 4.28. The van der Waals surface area contributed by atoms with Crippen molar-refractivity contribution in [1.82, 2.24) is 14.8 Å². The van der Waals surface area contributed by atoms with Gasteiger partial charge in [-0.05, 0) is 49.4 Å². The molecule has 4 nitrogen and oxygen atoms in total. The lowest BCUT2D eigenvalue weighted by molar-refractivity contribution is 0.779. The number of para-hydroxylation sites is 1. The van der Waals surface area contributed by atoms with Crippen molar-refractivity contribution in [2.45, 2.75) is 32.6 Å². The maximum atomic E-state index is 5.00. The van der Waals surface area contributed by atoms with E-state index in [0.29, 0.717) is 0 Å². The molecule has 122 valence electrons. The third kappa shape index (κ3) is 2.58. The van der Waals surface area contributed by atoms with E-state index in [2.05, 4.69) is 52.2 Å². The first-order chi connectivity index (χ1) is 11.9. The number of hydrogen-bond donors (Lipinski definition) is 1. The Labute approximate surface area is 142 Å². The summed E-state index contributed by atoms with van der Waals surface area (Å²) < 4.78 is 2.10. The highest BCUT2D eigenvalue weighted by atomic mass is 15.3. The molecule has 1 N–H and O–H groups in total. The van der Waals surface area contributed by atoms with Crippen LogP contribution in [0, 0.1) is 0 Å². The normalized spacial score (nSPS) is 13.9. The number of rotatable bonds is 3. The lowest BCUT2D eigenvalue weighted by Crippen LogP contribution is -2.08. The van der Waals surface area contributed by atoms with Crippen molar-refractivity contribution in [1.29, 1.82) is 0 Å². The Kier molecular flexibility index (Phi) is 4.03. The van der Waals surface area contributed by atoms with Gasteiger partial charge in [0.15, 0.2) is 0 Å². The van der Waals surface area contributed by atoms with E-state index >= 15 is 0 Å². The van der Waals surface area contributed by atoms with Crippen molar-refractivity contribution in [2.75, 3.05) is 11.9 Å². The van der Waals surface area contributed by atoms with Crippen molar-refractivity contribution >= 4 is 5.82 Å². The summed E-state index contributed by atoms with van der Waals surface area (Å²) in [6.07, 6.45) is 8.15. The van der Waals surface area contributed by atoms with Crippen LogP contribution >= 0.6 is 0 Å². The van der Waals surface area contributed by atoms with Crippen LogP contribution in [-0.4, -0.2) is 21.3 Å². The smallest absolute Gasteiger partial charge is 0.133 e. The zero-order valence-corrected chi connectivity index (χ0v) is 14.0. The molecule has 1 aliphatic rings. The molecule has 2 aromatic heterocycles. The van der Waals surface area contributed by atoms with Gasteiger partial charge in [-0.3, -0.25) is 4.98 Å². The Morgan fingerprint density at radius 2 is 2.04 bits per heavy atom. The number of nitrogens with zero attached hydrogens (tertiary/aromatic N) is 3. The van der Waals surface area contributed by atoms with E-state index < -0.39 is 0 Å². The topological polar surface area (TPSA) is 42.7 Å². The van der Waals surface area contributed by atoms with E-state index in [1.54, 1.807) is 0 Å². The lowest BCUT2D eigenvalue weighted by atomic mass is 10.1. The summed E-state index contributed by atoms with van der Waals surface area (Å²) in [5.74, 6) is 1.15. The maximum Gasteiger partial charge on any atom is 0.133 e. The quantitative estimate of drug-likeness (QED) is 0.785. The summed E-state index contributed by atoms with van der Waals surface area (Å²) >= 11 is 0. The minimum Gasteiger partial charge on any atom is -0.370 e. The Balaban J connectivity index is 1.93. The van der Waals surface area contributed by atoms with Gasteiger partial charge in [0, 0.05) is 30.1 Å². The van der Waals surface area contributed by atoms with Crippen molar-refractivity contribution in [2.24, 2.45) is 0 Å². The summed E-state index contributed by atoms with van der Waals surface area (Å²) in [6.45, 7) is 3.19. The molecule has 24 heavy (non-hydrogen) atoms. The second-order valence-corrected chi connectivity index (χ2v) is 6.20. The second kappa shape index (κ2) is 6.48. The Hall–Kier alpha value is -2.62. The highest BCUT2D eigenvalue weighted by Gasteiger charge is 2.22. The van der Waals surface area contributed by atoms with Crippen molar-refractivity contribution in [3.05, 3.63) is 59.9 Å². The highest BCUT2D eigenvalue weighted by Crippen LogP contribution is 2.34. The predicted molar refractivity (Wildman–Crippen MR) is 97.6 cm³/mol. The van der Waals surface area contributed by atoms with E-state index in [1.165, 1.54) is 29.7 Å². The van der Waals surface area contributed by atoms with Crippen LogP contribution in [0.4, 0.5) is 5.82 Å². The molecule has 0 radical (unpaired) electrons. The van der Waals surface area contributed by atoms with Gasteiger partial charge in [0.05, 0.1) is 11.4 Å². The SMILES string of the molecule is CCc1ccccc1-n1nc(-c2cccnc2)c2c1NCCCC2. The van der Waals surface area contributed by atoms with E-state index in [4.69, 9.17) is 5.10 Å². The molecule has 0 fully saturated rings. The first kappa shape index (κ1) is 14.9. The number of anilines is 1. The molecular formula is C20H22N4. The molecule has 0 spiro atoms. The van der Waals surface area contributed by atoms with Crippen molar-refractivity contribution < 1.29 is 0 Å². The fourth-order valence-electron chi connectivity index (χ4n) is 3.43. The maximum absolute atomic E-state index is 5.00. The zero-order chi connectivity index (χ0) is 16.4. The van der Waals surface area contributed by atoms with Crippen LogP contribution in [0.3, 0.4) is 0 Å². The van der Waals surface area contributed by atoms with Gasteiger partial charge in [-0.15, -0.1) is 0 Å². The monoisotopic (exact) mass is 318 g/mol. The molecule has 0 saturated carbocycles. The molecular weight excluding hydrogens is 296 g/mol. The van der Waals surface area contributed by atoms with Crippen LogP contribution in [0.25, 0.3) is 16.9 Å². The van der Waals surface area contributed by atoms with Gasteiger partial charge in [-0.2, -0.15) is 5.10 Å². The molecule has 0 saturated heterocycles. The molecule has 0 bridgehead atoms. The third-order valence-corrected chi connectivity index (χ3v) is 4.67. The van der Waals surface area contributed by atoms with E-state index in [-0.39, 0.29) is 0 Å². The van der Waals surface area contributed by atoms with E-state index in [9.17, 15) is 0 Å². The molecule has 1 aliphatic heterocycles. The summed E-state index contributed by atoms with van der Waals surface area (Å²) in [6, 6.07) is 12.6. The van der Waals surface area contributed by atoms with Gasteiger partial charge in [0.2, 0.25) is 0 Å². The largest absolute Gasteiger partial charge is 0.370 e. The molecule has 0 amide bonds. The number of fused-ring (bicyclic) bond motifs is 1. The molecule has 4 heteroatoms. The van der Waals surface area contributed by atoms with E-state index in [0.717, 1.165) is 36.5 Å². The van der Waals surface area contributed by atoms with E-state index in [1.807, 2.05) is 18.5 Å². The average Bonchev–Trinajstić information content (AvgIpc) is 2.83. The van der Waals surface area contributed by atoms with Crippen molar-refractivity contribution in [3.63, 3.8) is 0 Å². The van der Waals surface area contributed by atoms with Crippen LogP contribution in [-0.2, 0) is 12.8 Å². The summed E-state index contributed by atoms with van der Waals surface area (Å²) in [7, 11) is 0. The van der Waals surface area contributed by atoms with Crippen LogP contribution < -0.4 is 5.32 Å². The third-order valence-electron chi connectivity index (χ3n) is 4.67. The standard InChI is InChI=1S/C20H22N4/c1-2-15-8-3-4-11-18(15)24-20-17(10-5-6-13-22-20)19(23-24)16-9-7-12-21-14-16/h3-4,7-9,11-12,14,22H,2,5-6,10,13H2,1H3. The van der Waals surface area contributed by atoms with Gasteiger partial charge in [0.25, 0.3) is 0 Å². The number of aryl methyl sites for hydroxylation is 1. The van der Waals surface area contributed by atoms with Gasteiger partial charge >= 0.3 is 0 Å². The molecule has 4 rings (SSSR count). The predicted octanol–water partition coefficient (Wildman–Crippen LogP) is 4.24. The molecule has 0 unspecified atom stereocenters. The van der Waals surface area contributed by atoms with Gasteiger partial charge < -0.3 is 5.32 Å². The molecule has 3 heterocycles. The minimum absolute atomic E-state index is 0.993. The summed E-state index contributed by atoms with van der Waals surface area (Å²) in [5.41, 5.74) is 5.93. The molecule has 3 aromatic rings. The molecule has 1 aromatic carbocycles. The molecule has 0 aliphatic carbocycles. The fourth-order valence-corrected chi connectivity index (χ4v) is 3.43. The number of benzene rings is 1. The first-order valence-electron chi connectivity index (χ1n) is 8.73. The average molecular weight is 318 g/mol. The number of nitrogens with one attached hydrogen (secondary N) is 1. The Morgan fingerprint density at radius 3 is 2.88 bits per heavy atom.